The summed E-state index contributed by atoms with van der Waals surface area (Å²) in [5, 5.41) is 12.2. The maximum Gasteiger partial charge on any atom is 0.356 e. The van der Waals surface area contributed by atoms with Crippen LogP contribution in [0, 0.1) is 10.1 Å². The van der Waals surface area contributed by atoms with Gasteiger partial charge in [0, 0.05) is 65.8 Å². The lowest BCUT2D eigenvalue weighted by molar-refractivity contribution is -0.387. The van der Waals surface area contributed by atoms with Crippen LogP contribution in [0.15, 0.2) is 47.4 Å². The zero-order chi connectivity index (χ0) is 23.3. The number of nitro groups is 1. The van der Waals surface area contributed by atoms with Gasteiger partial charge in [0.15, 0.2) is 0 Å². The van der Waals surface area contributed by atoms with Gasteiger partial charge >= 0.3 is 11.7 Å². The van der Waals surface area contributed by atoms with E-state index in [1.807, 2.05) is 18.2 Å². The Morgan fingerprint density at radius 2 is 1.88 bits per heavy atom. The lowest BCUT2D eigenvalue weighted by Gasteiger charge is -2.36. The number of amides is 1. The highest BCUT2D eigenvalue weighted by Crippen LogP contribution is 2.27. The van der Waals surface area contributed by atoms with Crippen molar-refractivity contribution in [2.45, 2.75) is 11.8 Å². The summed E-state index contributed by atoms with van der Waals surface area (Å²) in [4.78, 5) is 38.9. The summed E-state index contributed by atoms with van der Waals surface area (Å²) < 4.78 is 17.2. The highest BCUT2D eigenvalue weighted by molar-refractivity contribution is 7.92. The molecule has 1 aliphatic heterocycles. The van der Waals surface area contributed by atoms with Crippen molar-refractivity contribution in [3.63, 3.8) is 0 Å². The second kappa shape index (κ2) is 10.7. The molecule has 1 saturated heterocycles. The van der Waals surface area contributed by atoms with E-state index < -0.39 is 33.5 Å². The standard InChI is InChI=1S/C21H22ClN3O6S/c1-2-31-20(26)14-32(30)19-7-6-15(12-18(19)25(28)29)21(27)24-10-8-23(9-11-24)17-5-3-4-16(22)13-17/h3-7,12-13H,2,8-11,14H2,1H3. The molecule has 0 aromatic heterocycles. The Morgan fingerprint density at radius 1 is 1.16 bits per heavy atom. The molecule has 0 N–H and O–H groups in total. The van der Waals surface area contributed by atoms with Gasteiger partial charge in [-0.3, -0.25) is 14.9 Å². The number of carbonyl (C=O) groups excluding carboxylic acids is 2. The molecule has 1 atom stereocenters. The number of hydrogen-bond acceptors (Lipinski definition) is 7. The highest BCUT2D eigenvalue weighted by Gasteiger charge is 2.30. The summed E-state index contributed by atoms with van der Waals surface area (Å²) in [5.41, 5.74) is 0.634. The van der Waals surface area contributed by atoms with Gasteiger partial charge in [-0.05, 0) is 31.2 Å². The number of benzene rings is 2. The smallest absolute Gasteiger partial charge is 0.356 e. The third-order valence-corrected chi connectivity index (χ3v) is 6.51. The molecule has 0 bridgehead atoms. The van der Waals surface area contributed by atoms with Crippen molar-refractivity contribution in [2.24, 2.45) is 0 Å². The Labute approximate surface area is 193 Å². The molecule has 2 aromatic carbocycles. The number of hydrogen-bond donors (Lipinski definition) is 0. The lowest BCUT2D eigenvalue weighted by Crippen LogP contribution is -2.48. The molecular formula is C21H22ClN3O6S. The SMILES string of the molecule is CCOC(=O)C[S+]([O-])c1ccc(C(=O)N2CCN(c3cccc(Cl)c3)CC2)cc1[N+](=O)[O-]. The summed E-state index contributed by atoms with van der Waals surface area (Å²) in [5.74, 6) is -1.55. The van der Waals surface area contributed by atoms with Crippen molar-refractivity contribution < 1.29 is 23.8 Å². The Kier molecular flexibility index (Phi) is 7.94. The molecule has 170 valence electrons. The Balaban J connectivity index is 1.71. The second-order valence-corrected chi connectivity index (χ2v) is 8.85. The summed E-state index contributed by atoms with van der Waals surface area (Å²) in [6, 6.07) is 11.2. The van der Waals surface area contributed by atoms with Crippen molar-refractivity contribution in [3.8, 4) is 0 Å². The van der Waals surface area contributed by atoms with E-state index in [9.17, 15) is 24.3 Å². The number of nitrogens with zero attached hydrogens (tertiary/aromatic N) is 3. The fourth-order valence-corrected chi connectivity index (χ4v) is 4.62. The number of piperazine rings is 1. The molecule has 2 aromatic rings. The van der Waals surface area contributed by atoms with Gasteiger partial charge < -0.3 is 19.1 Å². The molecule has 0 spiro atoms. The van der Waals surface area contributed by atoms with Gasteiger partial charge in [0.05, 0.1) is 11.5 Å². The van der Waals surface area contributed by atoms with Crippen molar-refractivity contribution in [1.82, 2.24) is 4.90 Å². The molecule has 9 nitrogen and oxygen atoms in total. The Hall–Kier alpha value is -2.82. The fourth-order valence-electron chi connectivity index (χ4n) is 3.40. The molecular weight excluding hydrogens is 458 g/mol. The average molecular weight is 480 g/mol. The van der Waals surface area contributed by atoms with Crippen LogP contribution in [0.5, 0.6) is 0 Å². The topological polar surface area (TPSA) is 116 Å². The van der Waals surface area contributed by atoms with Crippen LogP contribution in [0.4, 0.5) is 11.4 Å². The largest absolute Gasteiger partial charge is 0.611 e. The molecule has 32 heavy (non-hydrogen) atoms. The van der Waals surface area contributed by atoms with E-state index in [-0.39, 0.29) is 23.0 Å². The van der Waals surface area contributed by atoms with Crippen LogP contribution in [-0.4, -0.2) is 64.8 Å². The quantitative estimate of drug-likeness (QED) is 0.259. The van der Waals surface area contributed by atoms with Crippen LogP contribution >= 0.6 is 11.6 Å². The van der Waals surface area contributed by atoms with Gasteiger partial charge in [-0.15, -0.1) is 0 Å². The van der Waals surface area contributed by atoms with E-state index in [1.165, 1.54) is 12.1 Å². The monoisotopic (exact) mass is 479 g/mol. The number of rotatable bonds is 7. The first-order valence-corrected chi connectivity index (χ1v) is 11.6. The molecule has 1 amide bonds. The number of ether oxygens (including phenoxy) is 1. The van der Waals surface area contributed by atoms with Gasteiger partial charge in [0.2, 0.25) is 10.6 Å². The number of anilines is 1. The zero-order valence-corrected chi connectivity index (χ0v) is 18.9. The van der Waals surface area contributed by atoms with Gasteiger partial charge in [-0.2, -0.15) is 0 Å². The Morgan fingerprint density at radius 3 is 2.50 bits per heavy atom. The zero-order valence-electron chi connectivity index (χ0n) is 17.4. The first kappa shape index (κ1) is 23.8. The third-order valence-electron chi connectivity index (χ3n) is 4.94. The summed E-state index contributed by atoms with van der Waals surface area (Å²) in [6.07, 6.45) is 0. The van der Waals surface area contributed by atoms with E-state index in [4.69, 9.17) is 16.3 Å². The predicted molar refractivity (Wildman–Crippen MR) is 121 cm³/mol. The Bertz CT molecular complexity index is 1010. The van der Waals surface area contributed by atoms with Crippen LogP contribution in [0.3, 0.4) is 0 Å². The first-order valence-electron chi connectivity index (χ1n) is 9.92. The summed E-state index contributed by atoms with van der Waals surface area (Å²) in [6.45, 7) is 3.80. The van der Waals surface area contributed by atoms with Gasteiger partial charge in [-0.1, -0.05) is 17.7 Å². The number of esters is 1. The number of nitro benzene ring substituents is 1. The first-order chi connectivity index (χ1) is 15.3. The minimum atomic E-state index is -1.96. The van der Waals surface area contributed by atoms with Crippen molar-refractivity contribution >= 4 is 46.0 Å². The number of carbonyl (C=O) groups is 2. The minimum Gasteiger partial charge on any atom is -0.611 e. The number of halogens is 1. The molecule has 11 heteroatoms. The van der Waals surface area contributed by atoms with Crippen LogP contribution in [-0.2, 0) is 20.7 Å². The van der Waals surface area contributed by atoms with Crippen LogP contribution in [0.25, 0.3) is 0 Å². The van der Waals surface area contributed by atoms with E-state index >= 15 is 0 Å². The van der Waals surface area contributed by atoms with Gasteiger partial charge in [0.1, 0.15) is 0 Å². The van der Waals surface area contributed by atoms with Crippen molar-refractivity contribution in [1.29, 1.82) is 0 Å². The molecule has 1 unspecified atom stereocenters. The van der Waals surface area contributed by atoms with E-state index in [0.29, 0.717) is 31.2 Å². The maximum atomic E-state index is 12.9. The molecule has 1 heterocycles. The van der Waals surface area contributed by atoms with Crippen molar-refractivity contribution in [3.05, 3.63) is 63.2 Å². The van der Waals surface area contributed by atoms with Gasteiger partial charge in [0.25, 0.3) is 5.91 Å². The van der Waals surface area contributed by atoms with E-state index in [2.05, 4.69) is 4.90 Å². The van der Waals surface area contributed by atoms with Crippen LogP contribution in [0.1, 0.15) is 17.3 Å². The van der Waals surface area contributed by atoms with Gasteiger partial charge in [-0.25, -0.2) is 4.79 Å². The predicted octanol–water partition coefficient (Wildman–Crippen LogP) is 2.88. The van der Waals surface area contributed by atoms with E-state index in [1.54, 1.807) is 17.9 Å². The second-order valence-electron chi connectivity index (χ2n) is 6.99. The molecule has 3 rings (SSSR count). The average Bonchev–Trinajstić information content (AvgIpc) is 2.78. The lowest BCUT2D eigenvalue weighted by atomic mass is 10.1. The molecule has 0 aliphatic carbocycles. The van der Waals surface area contributed by atoms with Crippen LogP contribution in [0.2, 0.25) is 5.02 Å². The van der Waals surface area contributed by atoms with Crippen LogP contribution < -0.4 is 4.90 Å². The highest BCUT2D eigenvalue weighted by atomic mass is 35.5. The molecule has 1 aliphatic rings. The third kappa shape index (κ3) is 5.70. The normalized spacial score (nSPS) is 14.7. The fraction of sp³-hybridized carbons (Fsp3) is 0.333. The molecule has 1 fully saturated rings. The minimum absolute atomic E-state index is 0.120. The summed E-state index contributed by atoms with van der Waals surface area (Å²) in [7, 11) is 0. The van der Waals surface area contributed by atoms with Crippen molar-refractivity contribution in [2.75, 3.05) is 43.4 Å². The molecule has 0 radical (unpaired) electrons. The van der Waals surface area contributed by atoms with E-state index in [0.717, 1.165) is 11.8 Å². The summed E-state index contributed by atoms with van der Waals surface area (Å²) >= 11 is 4.09. The maximum absolute atomic E-state index is 12.9. The molecule has 0 saturated carbocycles.